The molecular formula is C12H12F3NO4S. The molecule has 116 valence electrons. The Kier molecular flexibility index (Phi) is 5.35. The monoisotopic (exact) mass is 323 g/mol. The number of carbonyl (C=O) groups is 2. The van der Waals surface area contributed by atoms with E-state index in [0.29, 0.717) is 10.6 Å². The number of hydrogen-bond donors (Lipinski definition) is 2. The number of ketones is 1. The Labute approximate surface area is 122 Å². The molecule has 9 heteroatoms. The molecule has 0 aliphatic carbocycles. The molecular weight excluding hydrogens is 311 g/mol. The Bertz CT molecular complexity index is 550. The SMILES string of the molecule is CCSc1cccnc1C(=O)CC(O)(C(=O)O)C(F)(F)F. The van der Waals surface area contributed by atoms with Crippen molar-refractivity contribution in [1.82, 2.24) is 4.98 Å². The first kappa shape index (κ1) is 17.4. The van der Waals surface area contributed by atoms with E-state index in [2.05, 4.69) is 4.98 Å². The predicted octanol–water partition coefficient (Wildman–Crippen LogP) is 2.14. The summed E-state index contributed by atoms with van der Waals surface area (Å²) in [6.07, 6.45) is -5.89. The van der Waals surface area contributed by atoms with Crippen molar-refractivity contribution >= 4 is 23.5 Å². The van der Waals surface area contributed by atoms with Gasteiger partial charge in [-0.1, -0.05) is 6.92 Å². The lowest BCUT2D eigenvalue weighted by atomic mass is 9.95. The number of thioether (sulfide) groups is 1. The summed E-state index contributed by atoms with van der Waals surface area (Å²) in [4.78, 5) is 26.6. The Balaban J connectivity index is 3.13. The van der Waals surface area contributed by atoms with Crippen molar-refractivity contribution in [1.29, 1.82) is 0 Å². The second-order valence-electron chi connectivity index (χ2n) is 4.05. The van der Waals surface area contributed by atoms with Crippen LogP contribution in [-0.2, 0) is 4.79 Å². The lowest BCUT2D eigenvalue weighted by Gasteiger charge is -2.25. The molecule has 0 aliphatic heterocycles. The molecule has 5 nitrogen and oxygen atoms in total. The van der Waals surface area contributed by atoms with Crippen molar-refractivity contribution in [3.8, 4) is 0 Å². The van der Waals surface area contributed by atoms with Crippen molar-refractivity contribution in [2.45, 2.75) is 30.0 Å². The minimum atomic E-state index is -5.47. The van der Waals surface area contributed by atoms with E-state index in [0.717, 1.165) is 0 Å². The minimum Gasteiger partial charge on any atom is -0.479 e. The molecule has 0 fully saturated rings. The average molecular weight is 323 g/mol. The van der Waals surface area contributed by atoms with Gasteiger partial charge in [0.1, 0.15) is 5.69 Å². The fourth-order valence-corrected chi connectivity index (χ4v) is 2.27. The predicted molar refractivity (Wildman–Crippen MR) is 68.2 cm³/mol. The van der Waals surface area contributed by atoms with Gasteiger partial charge in [0, 0.05) is 11.1 Å². The first-order valence-corrected chi connectivity index (χ1v) is 6.75. The maximum absolute atomic E-state index is 12.7. The summed E-state index contributed by atoms with van der Waals surface area (Å²) in [6, 6.07) is 2.99. The topological polar surface area (TPSA) is 87.5 Å². The number of hydrogen-bond acceptors (Lipinski definition) is 5. The van der Waals surface area contributed by atoms with Crippen molar-refractivity contribution in [3.63, 3.8) is 0 Å². The lowest BCUT2D eigenvalue weighted by Crippen LogP contribution is -2.53. The number of carboxylic acid groups (broad SMARTS) is 1. The highest BCUT2D eigenvalue weighted by Crippen LogP contribution is 2.35. The van der Waals surface area contributed by atoms with Crippen LogP contribution in [0.5, 0.6) is 0 Å². The molecule has 0 saturated heterocycles. The van der Waals surface area contributed by atoms with E-state index in [-0.39, 0.29) is 5.69 Å². The van der Waals surface area contributed by atoms with Gasteiger partial charge in [0.2, 0.25) is 0 Å². The third kappa shape index (κ3) is 3.73. The summed E-state index contributed by atoms with van der Waals surface area (Å²) in [6.45, 7) is 1.77. The summed E-state index contributed by atoms with van der Waals surface area (Å²) >= 11 is 1.18. The summed E-state index contributed by atoms with van der Waals surface area (Å²) in [5, 5.41) is 17.9. The van der Waals surface area contributed by atoms with E-state index in [9.17, 15) is 27.9 Å². The smallest absolute Gasteiger partial charge is 0.428 e. The molecule has 1 unspecified atom stereocenters. The summed E-state index contributed by atoms with van der Waals surface area (Å²) in [5.41, 5.74) is -4.41. The van der Waals surface area contributed by atoms with Crippen LogP contribution in [0.1, 0.15) is 23.8 Å². The van der Waals surface area contributed by atoms with Gasteiger partial charge in [-0.25, -0.2) is 4.79 Å². The van der Waals surface area contributed by atoms with Gasteiger partial charge in [-0.15, -0.1) is 11.8 Å². The van der Waals surface area contributed by atoms with Crippen LogP contribution in [0.3, 0.4) is 0 Å². The maximum Gasteiger partial charge on any atom is 0.428 e. The fourth-order valence-electron chi connectivity index (χ4n) is 1.49. The third-order valence-electron chi connectivity index (χ3n) is 2.57. The van der Waals surface area contributed by atoms with Gasteiger partial charge in [0.25, 0.3) is 5.60 Å². The third-order valence-corrected chi connectivity index (χ3v) is 3.50. The number of carboxylic acids is 1. The van der Waals surface area contributed by atoms with Crippen LogP contribution in [-0.4, -0.2) is 44.5 Å². The summed E-state index contributed by atoms with van der Waals surface area (Å²) < 4.78 is 38.0. The van der Waals surface area contributed by atoms with E-state index in [4.69, 9.17) is 5.11 Å². The molecule has 0 aromatic carbocycles. The minimum absolute atomic E-state index is 0.284. The molecule has 0 radical (unpaired) electrons. The van der Waals surface area contributed by atoms with Gasteiger partial charge in [0.15, 0.2) is 5.78 Å². The Morgan fingerprint density at radius 1 is 1.38 bits per heavy atom. The van der Waals surface area contributed by atoms with Crippen LogP contribution in [0, 0.1) is 0 Å². The molecule has 1 aromatic rings. The molecule has 0 saturated carbocycles. The van der Waals surface area contributed by atoms with E-state index in [1.807, 2.05) is 0 Å². The number of alkyl halides is 3. The molecule has 1 heterocycles. The van der Waals surface area contributed by atoms with Gasteiger partial charge in [-0.3, -0.25) is 9.78 Å². The molecule has 2 N–H and O–H groups in total. The number of rotatable bonds is 6. The molecule has 1 aromatic heterocycles. The molecule has 0 bridgehead atoms. The van der Waals surface area contributed by atoms with Gasteiger partial charge < -0.3 is 10.2 Å². The zero-order valence-corrected chi connectivity index (χ0v) is 11.7. The maximum atomic E-state index is 12.7. The van der Waals surface area contributed by atoms with Crippen LogP contribution in [0.15, 0.2) is 23.2 Å². The highest BCUT2D eigenvalue weighted by Gasteiger charge is 2.61. The zero-order valence-electron chi connectivity index (χ0n) is 10.8. The van der Waals surface area contributed by atoms with Crippen LogP contribution in [0.4, 0.5) is 13.2 Å². The van der Waals surface area contributed by atoms with Crippen molar-refractivity contribution in [2.24, 2.45) is 0 Å². The standard InChI is InChI=1S/C12H12F3NO4S/c1-2-21-8-4-3-5-16-9(8)7(17)6-11(20,10(18)19)12(13,14)15/h3-5,20H,2,6H2,1H3,(H,18,19). The normalized spacial score (nSPS) is 14.5. The molecule has 1 atom stereocenters. The van der Waals surface area contributed by atoms with Crippen LogP contribution >= 0.6 is 11.8 Å². The molecule has 0 spiro atoms. The first-order chi connectivity index (χ1) is 9.63. The zero-order chi connectivity index (χ0) is 16.3. The number of nitrogens with zero attached hydrogens (tertiary/aromatic N) is 1. The molecule has 21 heavy (non-hydrogen) atoms. The van der Waals surface area contributed by atoms with Crippen molar-refractivity contribution in [2.75, 3.05) is 5.75 Å². The number of pyridine rings is 1. The lowest BCUT2D eigenvalue weighted by molar-refractivity contribution is -0.258. The Morgan fingerprint density at radius 2 is 2.00 bits per heavy atom. The number of aliphatic carboxylic acids is 1. The molecule has 1 rings (SSSR count). The van der Waals surface area contributed by atoms with E-state index in [1.54, 1.807) is 6.92 Å². The average Bonchev–Trinajstić information content (AvgIpc) is 2.38. The number of aliphatic hydroxyl groups is 1. The second kappa shape index (κ2) is 6.44. The second-order valence-corrected chi connectivity index (χ2v) is 5.35. The molecule has 0 amide bonds. The van der Waals surface area contributed by atoms with Gasteiger partial charge in [-0.2, -0.15) is 13.2 Å². The van der Waals surface area contributed by atoms with Gasteiger partial charge in [0.05, 0.1) is 6.42 Å². The van der Waals surface area contributed by atoms with E-state index in [1.165, 1.54) is 30.1 Å². The number of carbonyl (C=O) groups excluding carboxylic acids is 1. The quantitative estimate of drug-likeness (QED) is 0.616. The van der Waals surface area contributed by atoms with Crippen molar-refractivity contribution in [3.05, 3.63) is 24.0 Å². The fraction of sp³-hybridized carbons (Fsp3) is 0.417. The van der Waals surface area contributed by atoms with Crippen LogP contribution < -0.4 is 0 Å². The number of Topliss-reactive ketones (excluding diaryl/α,β-unsaturated/α-hetero) is 1. The first-order valence-electron chi connectivity index (χ1n) is 5.77. The summed E-state index contributed by atoms with van der Waals surface area (Å²) in [7, 11) is 0. The molecule has 0 aliphatic rings. The largest absolute Gasteiger partial charge is 0.479 e. The number of aromatic nitrogens is 1. The number of halogens is 3. The van der Waals surface area contributed by atoms with Crippen LogP contribution in [0.2, 0.25) is 0 Å². The van der Waals surface area contributed by atoms with E-state index >= 15 is 0 Å². The summed E-state index contributed by atoms with van der Waals surface area (Å²) in [5.74, 6) is -3.16. The van der Waals surface area contributed by atoms with E-state index < -0.39 is 30.0 Å². The van der Waals surface area contributed by atoms with Gasteiger partial charge >= 0.3 is 12.1 Å². The Morgan fingerprint density at radius 3 is 2.48 bits per heavy atom. The van der Waals surface area contributed by atoms with Crippen LogP contribution in [0.25, 0.3) is 0 Å². The van der Waals surface area contributed by atoms with Crippen molar-refractivity contribution < 1.29 is 33.0 Å². The highest BCUT2D eigenvalue weighted by atomic mass is 32.2. The van der Waals surface area contributed by atoms with Gasteiger partial charge in [-0.05, 0) is 17.9 Å². The highest BCUT2D eigenvalue weighted by molar-refractivity contribution is 7.99. The Hall–Kier alpha value is -1.61.